The van der Waals surface area contributed by atoms with Crippen LogP contribution in [0.5, 0.6) is 0 Å². The second-order valence-electron chi connectivity index (χ2n) is 4.10. The molecule has 0 bridgehead atoms. The van der Waals surface area contributed by atoms with Crippen molar-refractivity contribution >= 4 is 17.5 Å². The fourth-order valence-electron chi connectivity index (χ4n) is 1.92. The normalized spacial score (nSPS) is 18.9. The van der Waals surface area contributed by atoms with Gasteiger partial charge in [-0.3, -0.25) is 10.1 Å². The molecule has 0 spiro atoms. The molecular formula is C10H12N4O4. The van der Waals surface area contributed by atoms with Crippen molar-refractivity contribution < 1.29 is 14.8 Å². The van der Waals surface area contributed by atoms with E-state index in [9.17, 15) is 14.9 Å². The van der Waals surface area contributed by atoms with Crippen molar-refractivity contribution in [3.05, 3.63) is 27.9 Å². The fourth-order valence-corrected chi connectivity index (χ4v) is 1.92. The van der Waals surface area contributed by atoms with Crippen molar-refractivity contribution in [1.82, 2.24) is 4.98 Å². The molecular weight excluding hydrogens is 240 g/mol. The molecule has 1 unspecified atom stereocenters. The zero-order chi connectivity index (χ0) is 13.3. The van der Waals surface area contributed by atoms with Crippen LogP contribution in [0.2, 0.25) is 0 Å². The molecule has 0 amide bonds. The van der Waals surface area contributed by atoms with Gasteiger partial charge in [-0.1, -0.05) is 0 Å². The number of anilines is 1. The van der Waals surface area contributed by atoms with E-state index in [0.717, 1.165) is 12.1 Å². The van der Waals surface area contributed by atoms with Crippen LogP contribution in [-0.2, 0) is 0 Å². The van der Waals surface area contributed by atoms with Gasteiger partial charge in [0, 0.05) is 25.2 Å². The Morgan fingerprint density at radius 3 is 2.83 bits per heavy atom. The summed E-state index contributed by atoms with van der Waals surface area (Å²) in [7, 11) is 0. The van der Waals surface area contributed by atoms with Gasteiger partial charge in [0.15, 0.2) is 5.69 Å². The summed E-state index contributed by atoms with van der Waals surface area (Å²) in [5, 5.41) is 19.8. The number of aromatic carboxylic acids is 1. The summed E-state index contributed by atoms with van der Waals surface area (Å²) in [6.45, 7) is 0.981. The summed E-state index contributed by atoms with van der Waals surface area (Å²) >= 11 is 0. The van der Waals surface area contributed by atoms with Crippen molar-refractivity contribution in [2.75, 3.05) is 18.0 Å². The molecule has 0 aliphatic carbocycles. The van der Waals surface area contributed by atoms with Crippen molar-refractivity contribution in [3.63, 3.8) is 0 Å². The summed E-state index contributed by atoms with van der Waals surface area (Å²) < 4.78 is 0. The van der Waals surface area contributed by atoms with Gasteiger partial charge in [-0.25, -0.2) is 9.78 Å². The Labute approximate surface area is 102 Å². The molecule has 1 atom stereocenters. The number of hydrogen-bond acceptors (Lipinski definition) is 6. The number of nitrogens with zero attached hydrogens (tertiary/aromatic N) is 3. The highest BCUT2D eigenvalue weighted by Gasteiger charge is 2.28. The SMILES string of the molecule is NC1CCN(c2nc(C(=O)O)ccc2[N+](=O)[O-])C1. The molecule has 3 N–H and O–H groups in total. The third kappa shape index (κ3) is 2.23. The molecule has 1 aliphatic rings. The van der Waals surface area contributed by atoms with Crippen molar-refractivity contribution in [2.24, 2.45) is 5.73 Å². The van der Waals surface area contributed by atoms with E-state index >= 15 is 0 Å². The minimum absolute atomic E-state index is 0.0695. The Bertz CT molecular complexity index is 505. The molecule has 1 aromatic heterocycles. The third-order valence-electron chi connectivity index (χ3n) is 2.79. The van der Waals surface area contributed by atoms with Gasteiger partial charge in [0.1, 0.15) is 0 Å². The molecule has 0 saturated carbocycles. The van der Waals surface area contributed by atoms with Crippen molar-refractivity contribution in [2.45, 2.75) is 12.5 Å². The second kappa shape index (κ2) is 4.57. The lowest BCUT2D eigenvalue weighted by Crippen LogP contribution is -2.27. The van der Waals surface area contributed by atoms with Gasteiger partial charge in [-0.15, -0.1) is 0 Å². The molecule has 96 valence electrons. The monoisotopic (exact) mass is 252 g/mol. The summed E-state index contributed by atoms with van der Waals surface area (Å²) in [5.41, 5.74) is 5.32. The molecule has 1 saturated heterocycles. The highest BCUT2D eigenvalue weighted by molar-refractivity contribution is 5.86. The smallest absolute Gasteiger partial charge is 0.354 e. The van der Waals surface area contributed by atoms with Crippen LogP contribution in [0.15, 0.2) is 12.1 Å². The van der Waals surface area contributed by atoms with E-state index in [2.05, 4.69) is 4.98 Å². The van der Waals surface area contributed by atoms with Crippen LogP contribution in [-0.4, -0.2) is 40.1 Å². The number of hydrogen-bond donors (Lipinski definition) is 2. The first kappa shape index (κ1) is 12.2. The van der Waals surface area contributed by atoms with E-state index in [0.29, 0.717) is 19.5 Å². The number of rotatable bonds is 3. The van der Waals surface area contributed by atoms with Crippen LogP contribution in [0.1, 0.15) is 16.9 Å². The molecule has 2 rings (SSSR count). The average Bonchev–Trinajstić information content (AvgIpc) is 2.74. The van der Waals surface area contributed by atoms with Crippen LogP contribution in [0, 0.1) is 10.1 Å². The van der Waals surface area contributed by atoms with E-state index < -0.39 is 10.9 Å². The molecule has 18 heavy (non-hydrogen) atoms. The van der Waals surface area contributed by atoms with E-state index in [1.54, 1.807) is 4.90 Å². The van der Waals surface area contributed by atoms with Gasteiger partial charge in [-0.05, 0) is 12.5 Å². The largest absolute Gasteiger partial charge is 0.477 e. The Morgan fingerprint density at radius 2 is 2.33 bits per heavy atom. The summed E-state index contributed by atoms with van der Waals surface area (Å²) in [5.74, 6) is -1.14. The lowest BCUT2D eigenvalue weighted by molar-refractivity contribution is -0.384. The van der Waals surface area contributed by atoms with Crippen LogP contribution < -0.4 is 10.6 Å². The second-order valence-corrected chi connectivity index (χ2v) is 4.10. The van der Waals surface area contributed by atoms with Gasteiger partial charge < -0.3 is 15.7 Å². The van der Waals surface area contributed by atoms with Gasteiger partial charge in [0.25, 0.3) is 0 Å². The predicted molar refractivity (Wildman–Crippen MR) is 62.7 cm³/mol. The van der Waals surface area contributed by atoms with E-state index in [1.807, 2.05) is 0 Å². The fraction of sp³-hybridized carbons (Fsp3) is 0.400. The molecule has 1 fully saturated rings. The van der Waals surface area contributed by atoms with E-state index in [1.165, 1.54) is 0 Å². The Hall–Kier alpha value is -2.22. The molecule has 0 aromatic carbocycles. The van der Waals surface area contributed by atoms with Gasteiger partial charge in [0.05, 0.1) is 4.92 Å². The molecule has 1 aliphatic heterocycles. The van der Waals surface area contributed by atoms with E-state index in [4.69, 9.17) is 10.8 Å². The molecule has 0 radical (unpaired) electrons. The topological polar surface area (TPSA) is 123 Å². The molecule has 8 nitrogen and oxygen atoms in total. The first-order valence-corrected chi connectivity index (χ1v) is 5.38. The van der Waals surface area contributed by atoms with Gasteiger partial charge in [0.2, 0.25) is 5.82 Å². The van der Waals surface area contributed by atoms with Crippen molar-refractivity contribution in [1.29, 1.82) is 0 Å². The number of aromatic nitrogens is 1. The van der Waals surface area contributed by atoms with Gasteiger partial charge in [-0.2, -0.15) is 0 Å². The first-order valence-electron chi connectivity index (χ1n) is 5.38. The lowest BCUT2D eigenvalue weighted by Gasteiger charge is -2.16. The number of nitrogens with two attached hydrogens (primary N) is 1. The maximum Gasteiger partial charge on any atom is 0.354 e. The maximum atomic E-state index is 10.9. The number of carboxylic acid groups (broad SMARTS) is 1. The lowest BCUT2D eigenvalue weighted by atomic mass is 10.3. The molecule has 1 aromatic rings. The Morgan fingerprint density at radius 1 is 1.61 bits per heavy atom. The number of nitro groups is 1. The Balaban J connectivity index is 2.44. The zero-order valence-electron chi connectivity index (χ0n) is 9.44. The summed E-state index contributed by atoms with van der Waals surface area (Å²) in [6.07, 6.45) is 0.704. The Kier molecular flexibility index (Phi) is 3.11. The van der Waals surface area contributed by atoms with Crippen LogP contribution in [0.4, 0.5) is 11.5 Å². The predicted octanol–water partition coefficient (Wildman–Crippen LogP) is 0.225. The third-order valence-corrected chi connectivity index (χ3v) is 2.79. The van der Waals surface area contributed by atoms with Crippen LogP contribution >= 0.6 is 0 Å². The quantitative estimate of drug-likeness (QED) is 0.582. The first-order chi connectivity index (χ1) is 8.49. The number of carbonyl (C=O) groups is 1. The summed E-state index contributed by atoms with van der Waals surface area (Å²) in [4.78, 5) is 26.7. The molecule has 2 heterocycles. The molecule has 8 heteroatoms. The van der Waals surface area contributed by atoms with Crippen LogP contribution in [0.3, 0.4) is 0 Å². The minimum atomic E-state index is -1.21. The highest BCUT2D eigenvalue weighted by atomic mass is 16.6. The minimum Gasteiger partial charge on any atom is -0.477 e. The van der Waals surface area contributed by atoms with Crippen molar-refractivity contribution in [3.8, 4) is 0 Å². The van der Waals surface area contributed by atoms with Crippen LogP contribution in [0.25, 0.3) is 0 Å². The zero-order valence-corrected chi connectivity index (χ0v) is 9.44. The number of carboxylic acids is 1. The number of pyridine rings is 1. The highest BCUT2D eigenvalue weighted by Crippen LogP contribution is 2.28. The standard InChI is InChI=1S/C10H12N4O4/c11-6-3-4-13(5-6)9-8(14(17)18)2-1-7(12-9)10(15)16/h1-2,6H,3-5,11H2,(H,15,16). The van der Waals surface area contributed by atoms with E-state index in [-0.39, 0.29) is 23.2 Å². The maximum absolute atomic E-state index is 10.9. The summed E-state index contributed by atoms with van der Waals surface area (Å²) in [6, 6.07) is 2.22. The average molecular weight is 252 g/mol. The van der Waals surface area contributed by atoms with Gasteiger partial charge >= 0.3 is 11.7 Å².